The molecule has 3 aromatic rings. The second-order valence-electron chi connectivity index (χ2n) is 11.0. The van der Waals surface area contributed by atoms with Crippen molar-refractivity contribution in [2.24, 2.45) is 17.8 Å². The summed E-state index contributed by atoms with van der Waals surface area (Å²) in [5.41, 5.74) is 2.54. The van der Waals surface area contributed by atoms with Crippen LogP contribution in [0.5, 0.6) is 11.6 Å². The predicted molar refractivity (Wildman–Crippen MR) is 154 cm³/mol. The number of anilines is 1. The summed E-state index contributed by atoms with van der Waals surface area (Å²) in [6.07, 6.45) is 5.18. The van der Waals surface area contributed by atoms with Crippen LogP contribution < -0.4 is 9.64 Å². The van der Waals surface area contributed by atoms with Gasteiger partial charge in [0.05, 0.1) is 24.0 Å². The molecule has 3 atom stereocenters. The smallest absolute Gasteiger partial charge is 0.307 e. The molecule has 0 amide bonds. The molecule has 2 aromatic heterocycles. The second-order valence-corrected chi connectivity index (χ2v) is 11.9. The summed E-state index contributed by atoms with van der Waals surface area (Å²) in [6, 6.07) is 9.34. The summed E-state index contributed by atoms with van der Waals surface area (Å²) in [5, 5.41) is 10.5. The molecule has 11 heteroatoms. The van der Waals surface area contributed by atoms with E-state index in [1.807, 2.05) is 24.3 Å². The molecule has 40 heavy (non-hydrogen) atoms. The number of likely N-dealkylation sites (tertiary alicyclic amines) is 1. The van der Waals surface area contributed by atoms with Gasteiger partial charge in [-0.2, -0.15) is 0 Å². The first-order valence-corrected chi connectivity index (χ1v) is 14.4. The highest BCUT2D eigenvalue weighted by molar-refractivity contribution is 6.35. The number of halogens is 2. The van der Waals surface area contributed by atoms with Gasteiger partial charge in [0.15, 0.2) is 5.75 Å². The summed E-state index contributed by atoms with van der Waals surface area (Å²) in [5.74, 6) is 1.43. The first-order chi connectivity index (χ1) is 19.3. The number of aliphatic carboxylic acids is 1. The van der Waals surface area contributed by atoms with Crippen LogP contribution in [0.2, 0.25) is 10.0 Å². The van der Waals surface area contributed by atoms with Gasteiger partial charge < -0.3 is 19.6 Å². The first-order valence-electron chi connectivity index (χ1n) is 13.7. The van der Waals surface area contributed by atoms with E-state index in [9.17, 15) is 9.90 Å². The maximum atomic E-state index is 11.5. The third kappa shape index (κ3) is 6.17. The number of likely N-dealkylation sites (N-methyl/N-ethyl adjacent to an activating group) is 1. The molecule has 0 radical (unpaired) electrons. The van der Waals surface area contributed by atoms with Gasteiger partial charge in [-0.05, 0) is 74.6 Å². The number of pyridine rings is 1. The number of carboxylic acids is 1. The van der Waals surface area contributed by atoms with Gasteiger partial charge in [0, 0.05) is 54.4 Å². The molecule has 1 N–H and O–H groups in total. The zero-order valence-corrected chi connectivity index (χ0v) is 23.9. The Morgan fingerprint density at radius 1 is 0.950 bits per heavy atom. The van der Waals surface area contributed by atoms with Crippen LogP contribution in [0.25, 0.3) is 11.3 Å². The highest BCUT2D eigenvalue weighted by atomic mass is 35.5. The summed E-state index contributed by atoms with van der Waals surface area (Å²) in [6.45, 7) is 6.17. The fraction of sp³-hybridized carbons (Fsp3) is 0.448. The fourth-order valence-corrected chi connectivity index (χ4v) is 6.52. The van der Waals surface area contributed by atoms with Crippen LogP contribution in [-0.4, -0.2) is 82.1 Å². The molecule has 3 fully saturated rings. The number of hydrogen-bond donors (Lipinski definition) is 1. The topological polar surface area (TPSA) is 94.9 Å². The number of ether oxygens (including phenoxy) is 1. The van der Waals surface area contributed by atoms with E-state index in [4.69, 9.17) is 32.9 Å². The second kappa shape index (κ2) is 11.5. The van der Waals surface area contributed by atoms with Crippen LogP contribution in [0, 0.1) is 17.8 Å². The van der Waals surface area contributed by atoms with Gasteiger partial charge in [0.25, 0.3) is 0 Å². The summed E-state index contributed by atoms with van der Waals surface area (Å²) in [4.78, 5) is 32.2. The summed E-state index contributed by atoms with van der Waals surface area (Å²) < 4.78 is 6.17. The molecule has 1 unspecified atom stereocenters. The van der Waals surface area contributed by atoms with E-state index in [-0.39, 0.29) is 5.92 Å². The van der Waals surface area contributed by atoms with Crippen LogP contribution >= 0.6 is 23.2 Å². The van der Waals surface area contributed by atoms with Crippen molar-refractivity contribution in [3.05, 3.63) is 58.3 Å². The Bertz CT molecular complexity index is 1350. The normalized spacial score (nSPS) is 23.4. The standard InChI is InChI=1S/C29H32Cl2N6O3/c1-35-6-8-37(9-7-35)29-32-15-22(16-33-29)40-26-11-18(10-25(34-26)19-12-20(30)14-21(31)13-19)17-36-4-2-23-24(3-5-36)27(23)28(38)39/h10-16,23-24,27H,2-9,17H2,1H3,(H,38,39)/t23-,24+,27?. The molecule has 3 aliphatic rings. The van der Waals surface area contributed by atoms with E-state index < -0.39 is 5.97 Å². The quantitative estimate of drug-likeness (QED) is 0.416. The molecule has 0 spiro atoms. The average Bonchev–Trinajstić information content (AvgIpc) is 3.66. The van der Waals surface area contributed by atoms with Crippen molar-refractivity contribution < 1.29 is 14.6 Å². The van der Waals surface area contributed by atoms with Crippen molar-refractivity contribution in [3.63, 3.8) is 0 Å². The Hall–Kier alpha value is -2.98. The first kappa shape index (κ1) is 27.2. The number of carboxylic acid groups (broad SMARTS) is 1. The molecule has 6 rings (SSSR count). The monoisotopic (exact) mass is 582 g/mol. The van der Waals surface area contributed by atoms with Crippen LogP contribution in [0.1, 0.15) is 18.4 Å². The minimum Gasteiger partial charge on any atom is -0.481 e. The van der Waals surface area contributed by atoms with Gasteiger partial charge in [-0.3, -0.25) is 9.69 Å². The van der Waals surface area contributed by atoms with Gasteiger partial charge >= 0.3 is 5.97 Å². The SMILES string of the molecule is CN1CCN(c2ncc(Oc3cc(CN4CC[C@@H]5C(C(=O)O)[C@@H]5CC4)cc(-c4cc(Cl)cc(Cl)c4)n3)cn2)CC1. The highest BCUT2D eigenvalue weighted by Crippen LogP contribution is 2.52. The van der Waals surface area contributed by atoms with E-state index in [0.717, 1.165) is 63.2 Å². The Morgan fingerprint density at radius 2 is 1.60 bits per heavy atom. The van der Waals surface area contributed by atoms with Gasteiger partial charge in [0.2, 0.25) is 11.8 Å². The molecule has 210 valence electrons. The van der Waals surface area contributed by atoms with Gasteiger partial charge in [-0.15, -0.1) is 0 Å². The van der Waals surface area contributed by atoms with Gasteiger partial charge in [-0.1, -0.05) is 23.2 Å². The highest BCUT2D eigenvalue weighted by Gasteiger charge is 2.54. The molecule has 1 aliphatic carbocycles. The van der Waals surface area contributed by atoms with Crippen molar-refractivity contribution in [1.82, 2.24) is 24.8 Å². The summed E-state index contributed by atoms with van der Waals surface area (Å²) >= 11 is 12.6. The van der Waals surface area contributed by atoms with Crippen molar-refractivity contribution in [3.8, 4) is 22.9 Å². The maximum Gasteiger partial charge on any atom is 0.307 e. The lowest BCUT2D eigenvalue weighted by atomic mass is 10.1. The van der Waals surface area contributed by atoms with Crippen molar-refractivity contribution in [1.29, 1.82) is 0 Å². The van der Waals surface area contributed by atoms with E-state index >= 15 is 0 Å². The minimum absolute atomic E-state index is 0.160. The van der Waals surface area contributed by atoms with E-state index in [1.54, 1.807) is 18.5 Å². The zero-order valence-electron chi connectivity index (χ0n) is 22.3. The van der Waals surface area contributed by atoms with Crippen molar-refractivity contribution in [2.45, 2.75) is 19.4 Å². The average molecular weight is 584 g/mol. The largest absolute Gasteiger partial charge is 0.481 e. The van der Waals surface area contributed by atoms with Crippen molar-refractivity contribution >= 4 is 35.1 Å². The molecule has 1 aromatic carbocycles. The number of nitrogens with zero attached hydrogens (tertiary/aromatic N) is 6. The van der Waals surface area contributed by atoms with Crippen LogP contribution in [0.15, 0.2) is 42.7 Å². The maximum absolute atomic E-state index is 11.5. The molecule has 2 saturated heterocycles. The van der Waals surface area contributed by atoms with Crippen LogP contribution in [0.3, 0.4) is 0 Å². The molecule has 4 heterocycles. The predicted octanol–water partition coefficient (Wildman–Crippen LogP) is 4.93. The number of benzene rings is 1. The lowest BCUT2D eigenvalue weighted by Gasteiger charge is -2.32. The Morgan fingerprint density at radius 3 is 2.23 bits per heavy atom. The Labute approximate surface area is 243 Å². The minimum atomic E-state index is -0.648. The number of piperazine rings is 1. The molecular weight excluding hydrogens is 551 g/mol. The molecule has 1 saturated carbocycles. The third-order valence-electron chi connectivity index (χ3n) is 8.22. The zero-order chi connectivity index (χ0) is 27.8. The summed E-state index contributed by atoms with van der Waals surface area (Å²) in [7, 11) is 2.12. The number of carbonyl (C=O) groups is 1. The van der Waals surface area contributed by atoms with Crippen LogP contribution in [-0.2, 0) is 11.3 Å². The number of hydrogen-bond acceptors (Lipinski definition) is 8. The van der Waals surface area contributed by atoms with Gasteiger partial charge in [0.1, 0.15) is 0 Å². The van der Waals surface area contributed by atoms with Crippen LogP contribution in [0.4, 0.5) is 5.95 Å². The Kier molecular flexibility index (Phi) is 7.81. The lowest BCUT2D eigenvalue weighted by Crippen LogP contribution is -2.45. The van der Waals surface area contributed by atoms with E-state index in [1.165, 1.54) is 0 Å². The van der Waals surface area contributed by atoms with Crippen molar-refractivity contribution in [2.75, 3.05) is 51.2 Å². The molecule has 2 aliphatic heterocycles. The molecular formula is C29H32Cl2N6O3. The van der Waals surface area contributed by atoms with Gasteiger partial charge in [-0.25, -0.2) is 15.0 Å². The number of fused-ring (bicyclic) bond motifs is 1. The molecule has 0 bridgehead atoms. The van der Waals surface area contributed by atoms with E-state index in [0.29, 0.717) is 51.7 Å². The number of rotatable bonds is 7. The van der Waals surface area contributed by atoms with E-state index in [2.05, 4.69) is 31.7 Å². The molecule has 9 nitrogen and oxygen atoms in total. The third-order valence-corrected chi connectivity index (χ3v) is 8.66. The lowest BCUT2D eigenvalue weighted by molar-refractivity contribution is -0.139. The number of aromatic nitrogens is 3. The Balaban J connectivity index is 1.21. The fourth-order valence-electron chi connectivity index (χ4n) is 5.99.